The molecule has 1 aromatic heterocycles. The Bertz CT molecular complexity index is 1030. The van der Waals surface area contributed by atoms with Crippen LogP contribution in [0.5, 0.6) is 0 Å². The first-order valence-corrected chi connectivity index (χ1v) is 10.8. The number of aromatic nitrogens is 1. The number of sulfonamides is 1. The summed E-state index contributed by atoms with van der Waals surface area (Å²) < 4.78 is 28.6. The summed E-state index contributed by atoms with van der Waals surface area (Å²) in [6.45, 7) is 6.45. The molecule has 3 rings (SSSR count). The van der Waals surface area contributed by atoms with Crippen LogP contribution in [0.1, 0.15) is 27.9 Å². The molecule has 146 valence electrons. The van der Waals surface area contributed by atoms with Gasteiger partial charge in [0.05, 0.1) is 17.1 Å². The van der Waals surface area contributed by atoms with Crippen molar-refractivity contribution < 1.29 is 8.42 Å². The minimum atomic E-state index is -3.65. The second kappa shape index (κ2) is 8.67. The lowest BCUT2D eigenvalue weighted by Crippen LogP contribution is -2.33. The number of aryl methyl sites for hydroxylation is 3. The molecule has 0 spiro atoms. The van der Waals surface area contributed by atoms with Crippen LogP contribution in [0.2, 0.25) is 0 Å². The summed E-state index contributed by atoms with van der Waals surface area (Å²) in [5.41, 5.74) is 4.69. The molecule has 0 aliphatic heterocycles. The molecule has 3 aromatic rings. The molecular formula is C23H26N2O2S. The fourth-order valence-corrected chi connectivity index (χ4v) is 4.91. The summed E-state index contributed by atoms with van der Waals surface area (Å²) in [5.74, 6) is 0. The van der Waals surface area contributed by atoms with Crippen LogP contribution in [0.3, 0.4) is 0 Å². The molecular weight excluding hydrogens is 368 g/mol. The molecule has 28 heavy (non-hydrogen) atoms. The highest BCUT2D eigenvalue weighted by molar-refractivity contribution is 7.89. The largest absolute Gasteiger partial charge is 0.260 e. The maximum absolute atomic E-state index is 13.5. The zero-order valence-electron chi connectivity index (χ0n) is 16.6. The van der Waals surface area contributed by atoms with Crippen LogP contribution < -0.4 is 0 Å². The summed E-state index contributed by atoms with van der Waals surface area (Å²) in [4.78, 5) is 4.70. The quantitative estimate of drug-likeness (QED) is 0.595. The molecule has 0 saturated carbocycles. The zero-order chi connectivity index (χ0) is 20.1. The molecule has 2 aromatic carbocycles. The number of benzene rings is 2. The van der Waals surface area contributed by atoms with Crippen molar-refractivity contribution in [1.29, 1.82) is 0 Å². The van der Waals surface area contributed by atoms with Crippen LogP contribution in [0.15, 0.2) is 71.8 Å². The minimum absolute atomic E-state index is 0.252. The van der Waals surface area contributed by atoms with E-state index in [1.807, 2.05) is 75.4 Å². The standard InChI is InChI=1S/C23H26N2O2S/c1-18-15-20(3)23(16-19(18)2)28(26,27)25(17-22-11-7-8-13-24-22)14-12-21-9-5-4-6-10-21/h4-11,13,15-16H,12,14,17H2,1-3H3. The second-order valence-corrected chi connectivity index (χ2v) is 9.00. The summed E-state index contributed by atoms with van der Waals surface area (Å²) in [6, 6.07) is 19.3. The molecule has 0 aliphatic rings. The molecule has 0 unspecified atom stereocenters. The third kappa shape index (κ3) is 4.66. The van der Waals surface area contributed by atoms with E-state index < -0.39 is 10.0 Å². The molecule has 0 N–H and O–H groups in total. The summed E-state index contributed by atoms with van der Waals surface area (Å²) >= 11 is 0. The van der Waals surface area contributed by atoms with E-state index in [4.69, 9.17) is 0 Å². The lowest BCUT2D eigenvalue weighted by Gasteiger charge is -2.23. The van der Waals surface area contributed by atoms with Crippen LogP contribution >= 0.6 is 0 Å². The Morgan fingerprint density at radius 3 is 2.21 bits per heavy atom. The fourth-order valence-electron chi connectivity index (χ4n) is 3.21. The van der Waals surface area contributed by atoms with Gasteiger partial charge in [0.25, 0.3) is 0 Å². The van der Waals surface area contributed by atoms with Gasteiger partial charge in [-0.3, -0.25) is 4.98 Å². The summed E-state index contributed by atoms with van der Waals surface area (Å²) in [6.07, 6.45) is 2.34. The first-order valence-electron chi connectivity index (χ1n) is 9.40. The van der Waals surface area contributed by atoms with Gasteiger partial charge in [-0.05, 0) is 67.6 Å². The van der Waals surface area contributed by atoms with Crippen molar-refractivity contribution in [3.05, 3.63) is 94.8 Å². The summed E-state index contributed by atoms with van der Waals surface area (Å²) in [7, 11) is -3.65. The van der Waals surface area contributed by atoms with Crippen LogP contribution in [-0.2, 0) is 23.0 Å². The molecule has 0 amide bonds. The van der Waals surface area contributed by atoms with Gasteiger partial charge in [-0.25, -0.2) is 8.42 Å². The highest BCUT2D eigenvalue weighted by Gasteiger charge is 2.27. The van der Waals surface area contributed by atoms with Crippen LogP contribution in [0, 0.1) is 20.8 Å². The molecule has 0 fully saturated rings. The molecule has 0 aliphatic carbocycles. The van der Waals surface area contributed by atoms with Gasteiger partial charge in [-0.15, -0.1) is 0 Å². The smallest absolute Gasteiger partial charge is 0.243 e. The van der Waals surface area contributed by atoms with Crippen molar-refractivity contribution in [3.8, 4) is 0 Å². The van der Waals surface area contributed by atoms with Gasteiger partial charge < -0.3 is 0 Å². The highest BCUT2D eigenvalue weighted by atomic mass is 32.2. The van der Waals surface area contributed by atoms with E-state index in [0.717, 1.165) is 27.9 Å². The number of hydrogen-bond acceptors (Lipinski definition) is 3. The van der Waals surface area contributed by atoms with Crippen molar-refractivity contribution in [1.82, 2.24) is 9.29 Å². The first kappa shape index (κ1) is 20.2. The molecule has 0 radical (unpaired) electrons. The Balaban J connectivity index is 1.95. The van der Waals surface area contributed by atoms with Gasteiger partial charge in [0.15, 0.2) is 0 Å². The van der Waals surface area contributed by atoms with E-state index in [-0.39, 0.29) is 6.54 Å². The maximum atomic E-state index is 13.5. The van der Waals surface area contributed by atoms with Crippen molar-refractivity contribution >= 4 is 10.0 Å². The van der Waals surface area contributed by atoms with E-state index in [0.29, 0.717) is 17.9 Å². The van der Waals surface area contributed by atoms with Crippen LogP contribution in [-0.4, -0.2) is 24.3 Å². The average Bonchev–Trinajstić information content (AvgIpc) is 2.69. The number of hydrogen-bond donors (Lipinski definition) is 0. The van der Waals surface area contributed by atoms with Gasteiger partial charge in [-0.1, -0.05) is 42.5 Å². The van der Waals surface area contributed by atoms with E-state index in [9.17, 15) is 8.42 Å². The van der Waals surface area contributed by atoms with Crippen molar-refractivity contribution in [2.75, 3.05) is 6.54 Å². The highest BCUT2D eigenvalue weighted by Crippen LogP contribution is 2.25. The predicted octanol–water partition coefficient (Wildman–Crippen LogP) is 4.44. The normalized spacial score (nSPS) is 11.7. The minimum Gasteiger partial charge on any atom is -0.260 e. The van der Waals surface area contributed by atoms with Crippen LogP contribution in [0.25, 0.3) is 0 Å². The van der Waals surface area contributed by atoms with E-state index in [1.54, 1.807) is 16.6 Å². The maximum Gasteiger partial charge on any atom is 0.243 e. The second-order valence-electron chi connectivity index (χ2n) is 7.10. The molecule has 4 nitrogen and oxygen atoms in total. The topological polar surface area (TPSA) is 50.3 Å². The number of rotatable bonds is 7. The van der Waals surface area contributed by atoms with E-state index in [1.165, 1.54) is 0 Å². The zero-order valence-corrected chi connectivity index (χ0v) is 17.4. The Kier molecular flexibility index (Phi) is 6.27. The van der Waals surface area contributed by atoms with Crippen molar-refractivity contribution in [2.45, 2.75) is 38.6 Å². The molecule has 0 atom stereocenters. The predicted molar refractivity (Wildman–Crippen MR) is 113 cm³/mol. The summed E-state index contributed by atoms with van der Waals surface area (Å²) in [5, 5.41) is 0. The van der Waals surface area contributed by atoms with Gasteiger partial charge in [0.2, 0.25) is 10.0 Å². The Morgan fingerprint density at radius 1 is 0.857 bits per heavy atom. The Hall–Kier alpha value is -2.50. The van der Waals surface area contributed by atoms with E-state index >= 15 is 0 Å². The molecule has 0 saturated heterocycles. The first-order chi connectivity index (χ1) is 13.4. The Labute approximate surface area is 167 Å². The monoisotopic (exact) mass is 394 g/mol. The van der Waals surface area contributed by atoms with E-state index in [2.05, 4.69) is 4.98 Å². The number of pyridine rings is 1. The average molecular weight is 395 g/mol. The van der Waals surface area contributed by atoms with Gasteiger partial charge in [0.1, 0.15) is 0 Å². The molecule has 0 bridgehead atoms. The third-order valence-electron chi connectivity index (χ3n) is 4.97. The lowest BCUT2D eigenvalue weighted by atomic mass is 10.1. The SMILES string of the molecule is Cc1cc(C)c(S(=O)(=O)N(CCc2ccccc2)Cc2ccccn2)cc1C. The lowest BCUT2D eigenvalue weighted by molar-refractivity contribution is 0.405. The third-order valence-corrected chi connectivity index (χ3v) is 6.95. The molecule has 1 heterocycles. The fraction of sp³-hybridized carbons (Fsp3) is 0.261. The van der Waals surface area contributed by atoms with Gasteiger partial charge in [0, 0.05) is 12.7 Å². The van der Waals surface area contributed by atoms with Crippen LogP contribution in [0.4, 0.5) is 0 Å². The Morgan fingerprint density at radius 2 is 1.54 bits per heavy atom. The van der Waals surface area contributed by atoms with Crippen molar-refractivity contribution in [3.63, 3.8) is 0 Å². The van der Waals surface area contributed by atoms with Gasteiger partial charge >= 0.3 is 0 Å². The molecule has 5 heteroatoms. The number of nitrogens with zero attached hydrogens (tertiary/aromatic N) is 2. The van der Waals surface area contributed by atoms with Gasteiger partial charge in [-0.2, -0.15) is 4.31 Å². The van der Waals surface area contributed by atoms with Crippen molar-refractivity contribution in [2.24, 2.45) is 0 Å².